The molecule has 0 saturated heterocycles. The van der Waals surface area contributed by atoms with E-state index in [1.807, 2.05) is 12.1 Å². The molecule has 3 rings (SSSR count). The number of carboxylic acid groups (broad SMARTS) is 1. The summed E-state index contributed by atoms with van der Waals surface area (Å²) in [7, 11) is 0. The van der Waals surface area contributed by atoms with Crippen molar-refractivity contribution in [3.63, 3.8) is 0 Å². The maximum absolute atomic E-state index is 12.3. The Labute approximate surface area is 163 Å². The van der Waals surface area contributed by atoms with Gasteiger partial charge in [-0.2, -0.15) is 0 Å². The van der Waals surface area contributed by atoms with Crippen LogP contribution in [0.25, 0.3) is 0 Å². The number of nitrogens with one attached hydrogen (secondary N) is 1. The number of hydrogen-bond acceptors (Lipinski definition) is 5. The van der Waals surface area contributed by atoms with E-state index < -0.39 is 18.2 Å². The minimum Gasteiger partial charge on any atom is -0.481 e. The fourth-order valence-electron chi connectivity index (χ4n) is 2.98. The fraction of sp³-hybridized carbons (Fsp3) is 0.333. The lowest BCUT2D eigenvalue weighted by Gasteiger charge is -2.21. The van der Waals surface area contributed by atoms with E-state index in [2.05, 4.69) is 27.1 Å². The number of rotatable bonds is 7. The number of carbonyl (C=O) groups excluding carboxylic acids is 1. The highest BCUT2D eigenvalue weighted by Gasteiger charge is 2.22. The molecule has 2 N–H and O–H groups in total. The number of ether oxygens (including phenoxy) is 1. The summed E-state index contributed by atoms with van der Waals surface area (Å²) in [6, 6.07) is 3.66. The molecule has 7 heteroatoms. The number of carboxylic acids is 1. The van der Waals surface area contributed by atoms with Gasteiger partial charge in [-0.15, -0.1) is 0 Å². The number of nitrogens with zero attached hydrogens (tertiary/aromatic N) is 2. The van der Waals surface area contributed by atoms with Gasteiger partial charge in [0, 0.05) is 60.9 Å². The van der Waals surface area contributed by atoms with Crippen LogP contribution in [0.15, 0.2) is 36.9 Å². The van der Waals surface area contributed by atoms with Gasteiger partial charge in [-0.05, 0) is 30.5 Å². The van der Waals surface area contributed by atoms with Crippen molar-refractivity contribution in [2.24, 2.45) is 0 Å². The van der Waals surface area contributed by atoms with E-state index in [-0.39, 0.29) is 6.42 Å². The Kier molecular flexibility index (Phi) is 6.58. The smallest absolute Gasteiger partial charge is 0.407 e. The van der Waals surface area contributed by atoms with Crippen LogP contribution >= 0.6 is 0 Å². The van der Waals surface area contributed by atoms with Crippen molar-refractivity contribution in [1.82, 2.24) is 15.3 Å². The third-order valence-corrected chi connectivity index (χ3v) is 4.43. The molecule has 0 radical (unpaired) electrons. The summed E-state index contributed by atoms with van der Waals surface area (Å²) < 4.78 is 5.68. The van der Waals surface area contributed by atoms with Crippen LogP contribution in [0.2, 0.25) is 0 Å². The molecule has 7 nitrogen and oxygen atoms in total. The largest absolute Gasteiger partial charge is 0.481 e. The van der Waals surface area contributed by atoms with Gasteiger partial charge in [-0.3, -0.25) is 14.8 Å². The number of carbonyl (C=O) groups is 2. The molecule has 1 amide bonds. The summed E-state index contributed by atoms with van der Waals surface area (Å²) in [5, 5.41) is 11.4. The molecule has 2 aromatic heterocycles. The molecule has 1 aliphatic rings. The van der Waals surface area contributed by atoms with E-state index in [0.717, 1.165) is 28.7 Å². The minimum absolute atomic E-state index is 0.144. The van der Waals surface area contributed by atoms with Crippen LogP contribution in [0.5, 0.6) is 0 Å². The number of alkyl carbamates (subject to hydrolysis) is 1. The fourth-order valence-corrected chi connectivity index (χ4v) is 2.98. The lowest BCUT2D eigenvalue weighted by Crippen LogP contribution is -2.28. The zero-order chi connectivity index (χ0) is 19.8. The Balaban J connectivity index is 1.64. The molecule has 2 heterocycles. The van der Waals surface area contributed by atoms with Crippen molar-refractivity contribution in [3.8, 4) is 11.8 Å². The zero-order valence-electron chi connectivity index (χ0n) is 15.4. The minimum atomic E-state index is -0.804. The number of amides is 1. The average molecular weight is 379 g/mol. The van der Waals surface area contributed by atoms with Crippen molar-refractivity contribution in [2.75, 3.05) is 6.54 Å². The number of aliphatic carboxylic acids is 1. The summed E-state index contributed by atoms with van der Waals surface area (Å²) in [5.74, 6) is 5.46. The Morgan fingerprint density at radius 2 is 1.86 bits per heavy atom. The average Bonchev–Trinajstić information content (AvgIpc) is 2.68. The summed E-state index contributed by atoms with van der Waals surface area (Å²) in [6.07, 6.45) is 8.36. The molecular weight excluding hydrogens is 358 g/mol. The first kappa shape index (κ1) is 19.4. The number of aromatic nitrogens is 2. The normalized spacial score (nSPS) is 14.4. The van der Waals surface area contributed by atoms with Gasteiger partial charge in [-0.25, -0.2) is 4.79 Å². The number of fused-ring (bicyclic) bond motifs is 2. The standard InChI is InChI=1S/C21H21N3O4/c25-20(26)4-2-1-3-9-24-21(27)28-19-12-17-13-22-10-7-15(17)5-6-16-8-11-23-14-18(16)19/h7-8,10-11,13-14,19H,1-4,9,12H2,(H,24,27)(H,25,26). The van der Waals surface area contributed by atoms with Crippen molar-refractivity contribution in [1.29, 1.82) is 0 Å². The summed E-state index contributed by atoms with van der Waals surface area (Å²) in [5.41, 5.74) is 3.32. The van der Waals surface area contributed by atoms with Gasteiger partial charge in [0.25, 0.3) is 0 Å². The molecule has 0 saturated carbocycles. The first-order valence-electron chi connectivity index (χ1n) is 9.18. The molecule has 0 spiro atoms. The molecule has 0 fully saturated rings. The first-order valence-corrected chi connectivity index (χ1v) is 9.18. The van der Waals surface area contributed by atoms with Crippen LogP contribution in [0.3, 0.4) is 0 Å². The van der Waals surface area contributed by atoms with Crippen LogP contribution in [-0.4, -0.2) is 33.7 Å². The maximum Gasteiger partial charge on any atom is 0.407 e. The molecule has 0 aromatic carbocycles. The van der Waals surface area contributed by atoms with E-state index >= 15 is 0 Å². The highest BCUT2D eigenvalue weighted by Crippen LogP contribution is 2.27. The van der Waals surface area contributed by atoms with Crippen molar-refractivity contribution in [2.45, 2.75) is 38.2 Å². The molecule has 2 aromatic rings. The predicted octanol–water partition coefficient (Wildman–Crippen LogP) is 2.84. The quantitative estimate of drug-likeness (QED) is 0.567. The Morgan fingerprint density at radius 3 is 2.68 bits per heavy atom. The van der Waals surface area contributed by atoms with Crippen molar-refractivity contribution >= 4 is 12.1 Å². The van der Waals surface area contributed by atoms with Gasteiger partial charge >= 0.3 is 12.1 Å². The Hall–Kier alpha value is -3.40. The van der Waals surface area contributed by atoms with Gasteiger partial charge in [0.15, 0.2) is 0 Å². The van der Waals surface area contributed by atoms with E-state index in [1.54, 1.807) is 24.8 Å². The van der Waals surface area contributed by atoms with Crippen molar-refractivity contribution in [3.05, 3.63) is 59.2 Å². The van der Waals surface area contributed by atoms with Gasteiger partial charge in [-0.1, -0.05) is 18.3 Å². The molecule has 1 unspecified atom stereocenters. The number of pyridine rings is 2. The lowest BCUT2D eigenvalue weighted by atomic mass is 9.94. The second-order valence-corrected chi connectivity index (χ2v) is 6.47. The molecule has 144 valence electrons. The predicted molar refractivity (Wildman–Crippen MR) is 101 cm³/mol. The second kappa shape index (κ2) is 9.51. The highest BCUT2D eigenvalue weighted by molar-refractivity contribution is 5.68. The van der Waals surface area contributed by atoms with E-state index in [4.69, 9.17) is 9.84 Å². The topological polar surface area (TPSA) is 101 Å². The zero-order valence-corrected chi connectivity index (χ0v) is 15.4. The van der Waals surface area contributed by atoms with E-state index in [9.17, 15) is 9.59 Å². The molecule has 0 bridgehead atoms. The third kappa shape index (κ3) is 5.30. The van der Waals surface area contributed by atoms with Gasteiger partial charge in [0.2, 0.25) is 0 Å². The van der Waals surface area contributed by atoms with Crippen LogP contribution in [0.1, 0.15) is 54.0 Å². The summed E-state index contributed by atoms with van der Waals surface area (Å²) in [6.45, 7) is 0.434. The molecule has 1 atom stereocenters. The third-order valence-electron chi connectivity index (χ3n) is 4.43. The highest BCUT2D eigenvalue weighted by atomic mass is 16.6. The van der Waals surface area contributed by atoms with Gasteiger partial charge < -0.3 is 15.2 Å². The maximum atomic E-state index is 12.3. The van der Waals surface area contributed by atoms with E-state index in [0.29, 0.717) is 25.8 Å². The van der Waals surface area contributed by atoms with Crippen LogP contribution in [-0.2, 0) is 16.0 Å². The molecule has 28 heavy (non-hydrogen) atoms. The van der Waals surface area contributed by atoms with Crippen molar-refractivity contribution < 1.29 is 19.4 Å². The second-order valence-electron chi connectivity index (χ2n) is 6.47. The van der Waals surface area contributed by atoms with E-state index in [1.165, 1.54) is 0 Å². The Bertz CT molecular complexity index is 917. The first-order chi connectivity index (χ1) is 13.6. The summed E-state index contributed by atoms with van der Waals surface area (Å²) in [4.78, 5) is 31.1. The van der Waals surface area contributed by atoms with Crippen LogP contribution < -0.4 is 5.32 Å². The molecule has 0 aliphatic heterocycles. The monoisotopic (exact) mass is 379 g/mol. The SMILES string of the molecule is O=C(O)CCCCCNC(=O)OC1Cc2cnccc2C#Cc2ccncc21. The van der Waals surface area contributed by atoms with Gasteiger partial charge in [0.1, 0.15) is 6.10 Å². The van der Waals surface area contributed by atoms with Crippen LogP contribution in [0, 0.1) is 11.8 Å². The number of hydrogen-bond donors (Lipinski definition) is 2. The Morgan fingerprint density at radius 1 is 1.11 bits per heavy atom. The molecule has 1 aliphatic carbocycles. The number of unbranched alkanes of at least 4 members (excludes halogenated alkanes) is 2. The lowest BCUT2D eigenvalue weighted by molar-refractivity contribution is -0.137. The molecular formula is C21H21N3O4. The summed E-state index contributed by atoms with van der Waals surface area (Å²) >= 11 is 0. The van der Waals surface area contributed by atoms with Gasteiger partial charge in [0.05, 0.1) is 0 Å². The van der Waals surface area contributed by atoms with Crippen LogP contribution in [0.4, 0.5) is 4.79 Å².